The van der Waals surface area contributed by atoms with E-state index in [2.05, 4.69) is 50.8 Å². The first-order chi connectivity index (χ1) is 27.8. The fourth-order valence-electron chi connectivity index (χ4n) is 8.32. The molecule has 3 atom stereocenters. The van der Waals surface area contributed by atoms with Gasteiger partial charge in [-0.1, -0.05) is 97.4 Å². The maximum atomic E-state index is 13.3. The lowest BCUT2D eigenvalue weighted by Crippen LogP contribution is -2.57. The van der Waals surface area contributed by atoms with Gasteiger partial charge in [0.2, 0.25) is 17.7 Å². The predicted octanol–water partition coefficient (Wildman–Crippen LogP) is 5.89. The van der Waals surface area contributed by atoms with Crippen molar-refractivity contribution in [2.24, 2.45) is 0 Å². The van der Waals surface area contributed by atoms with Gasteiger partial charge in [-0.05, 0) is 65.6 Å². The number of amides is 3. The van der Waals surface area contributed by atoms with Gasteiger partial charge in [0.05, 0.1) is 25.5 Å². The number of anilines is 1. The smallest absolute Gasteiger partial charge is 0.247 e. The highest BCUT2D eigenvalue weighted by Crippen LogP contribution is 2.40. The van der Waals surface area contributed by atoms with E-state index in [1.54, 1.807) is 5.48 Å². The minimum absolute atomic E-state index is 0.0206. The first kappa shape index (κ1) is 40.1. The summed E-state index contributed by atoms with van der Waals surface area (Å²) in [6.07, 6.45) is 3.81. The summed E-state index contributed by atoms with van der Waals surface area (Å²) in [5, 5.41) is 24.4. The number of likely N-dealkylation sites (tertiary alicyclic amines) is 1. The number of para-hydroxylation sites is 1. The Labute approximate surface area is 334 Å². The Hall–Kier alpha value is -5.11. The van der Waals surface area contributed by atoms with Crippen molar-refractivity contribution in [1.82, 2.24) is 21.0 Å². The Morgan fingerprint density at radius 3 is 2.21 bits per heavy atom. The number of rotatable bonds is 15. The number of carbonyl (C=O) groups is 3. The van der Waals surface area contributed by atoms with Gasteiger partial charge < -0.3 is 35.0 Å². The van der Waals surface area contributed by atoms with Crippen LogP contribution in [0.4, 0.5) is 5.69 Å². The van der Waals surface area contributed by atoms with Gasteiger partial charge >= 0.3 is 0 Å². The molecule has 3 aliphatic heterocycles. The zero-order valence-electron chi connectivity index (χ0n) is 32.3. The van der Waals surface area contributed by atoms with Gasteiger partial charge in [0.25, 0.3) is 0 Å². The van der Waals surface area contributed by atoms with Crippen molar-refractivity contribution in [3.63, 3.8) is 0 Å². The molecule has 3 saturated heterocycles. The number of benzene rings is 4. The second-order valence-electron chi connectivity index (χ2n) is 15.3. The van der Waals surface area contributed by atoms with Crippen molar-refractivity contribution in [2.75, 3.05) is 31.2 Å². The molecule has 3 aliphatic rings. The van der Waals surface area contributed by atoms with E-state index in [0.717, 1.165) is 71.4 Å². The molecule has 4 aromatic carbocycles. The minimum atomic E-state index is -0.599. The van der Waals surface area contributed by atoms with Crippen LogP contribution in [0.15, 0.2) is 103 Å². The number of unbranched alkanes of at least 4 members (excludes halogenated alkanes) is 2. The van der Waals surface area contributed by atoms with Crippen LogP contribution >= 0.6 is 0 Å². The maximum absolute atomic E-state index is 13.3. The van der Waals surface area contributed by atoms with Crippen LogP contribution in [0.2, 0.25) is 0 Å². The van der Waals surface area contributed by atoms with Crippen molar-refractivity contribution in [3.05, 3.63) is 125 Å². The second-order valence-corrected chi connectivity index (χ2v) is 15.3. The third-order valence-electron chi connectivity index (χ3n) is 11.6. The monoisotopic (exact) mass is 775 g/mol. The van der Waals surface area contributed by atoms with E-state index in [9.17, 15) is 19.5 Å². The molecule has 0 aromatic heterocycles. The number of hydroxylamine groups is 1. The van der Waals surface area contributed by atoms with Gasteiger partial charge in [0.15, 0.2) is 6.29 Å². The van der Waals surface area contributed by atoms with E-state index in [1.165, 1.54) is 0 Å². The van der Waals surface area contributed by atoms with Gasteiger partial charge in [0.1, 0.15) is 5.54 Å². The number of aliphatic hydroxyl groups is 1. The van der Waals surface area contributed by atoms with Crippen molar-refractivity contribution in [3.8, 4) is 11.1 Å². The molecule has 3 fully saturated rings. The zero-order valence-corrected chi connectivity index (χ0v) is 32.3. The molecule has 57 heavy (non-hydrogen) atoms. The molecule has 0 bridgehead atoms. The topological polar surface area (TPSA) is 153 Å². The SMILES string of the molecule is O=C(CCCCCC(=O)NCc1ccccc1-c1ccc(C2OC(CN3CCC4(CC3)C(=O)NCN4c3ccccc3)CC(c3ccc(CO)cc3)O2)cc1)NO. The van der Waals surface area contributed by atoms with Gasteiger partial charge in [-0.25, -0.2) is 5.48 Å². The number of piperidine rings is 1. The molecular formula is C45H53N5O7. The van der Waals surface area contributed by atoms with Crippen molar-refractivity contribution in [2.45, 2.75) is 88.6 Å². The molecule has 3 heterocycles. The van der Waals surface area contributed by atoms with Gasteiger partial charge in [-0.2, -0.15) is 0 Å². The number of ether oxygens (including phenoxy) is 2. The normalized spacial score (nSPS) is 20.6. The molecule has 0 radical (unpaired) electrons. The summed E-state index contributed by atoms with van der Waals surface area (Å²) in [5.41, 5.74) is 7.95. The first-order valence-electron chi connectivity index (χ1n) is 20.1. The lowest BCUT2D eigenvalue weighted by molar-refractivity contribution is -0.253. The highest BCUT2D eigenvalue weighted by atomic mass is 16.7. The molecule has 0 aliphatic carbocycles. The predicted molar refractivity (Wildman–Crippen MR) is 215 cm³/mol. The third-order valence-corrected chi connectivity index (χ3v) is 11.6. The highest BCUT2D eigenvalue weighted by molar-refractivity contribution is 5.93. The summed E-state index contributed by atoms with van der Waals surface area (Å²) >= 11 is 0. The van der Waals surface area contributed by atoms with Gasteiger partial charge in [0, 0.05) is 56.7 Å². The molecule has 300 valence electrons. The third kappa shape index (κ3) is 9.72. The Bertz CT molecular complexity index is 1950. The summed E-state index contributed by atoms with van der Waals surface area (Å²) in [5.74, 6) is -0.358. The Kier molecular flexibility index (Phi) is 13.3. The van der Waals surface area contributed by atoms with Crippen LogP contribution in [0.3, 0.4) is 0 Å². The number of hydrogen-bond donors (Lipinski definition) is 5. The average molecular weight is 776 g/mol. The summed E-state index contributed by atoms with van der Waals surface area (Å²) in [6, 6.07) is 34.3. The van der Waals surface area contributed by atoms with Crippen LogP contribution in [0.25, 0.3) is 11.1 Å². The lowest BCUT2D eigenvalue weighted by Gasteiger charge is -2.45. The zero-order chi connectivity index (χ0) is 39.6. The fourth-order valence-corrected chi connectivity index (χ4v) is 8.32. The minimum Gasteiger partial charge on any atom is -0.392 e. The molecule has 0 saturated carbocycles. The Balaban J connectivity index is 1.00. The molecule has 7 rings (SSSR count). The number of nitrogens with one attached hydrogen (secondary N) is 3. The van der Waals surface area contributed by atoms with Crippen LogP contribution in [0.5, 0.6) is 0 Å². The van der Waals surface area contributed by atoms with Crippen LogP contribution in [-0.2, 0) is 37.0 Å². The van der Waals surface area contributed by atoms with Crippen molar-refractivity contribution in [1.29, 1.82) is 0 Å². The van der Waals surface area contributed by atoms with E-state index in [0.29, 0.717) is 45.4 Å². The van der Waals surface area contributed by atoms with E-state index in [-0.39, 0.29) is 37.0 Å². The quantitative estimate of drug-likeness (QED) is 0.0566. The molecule has 1 spiro atoms. The lowest BCUT2D eigenvalue weighted by atomic mass is 9.85. The fraction of sp³-hybridized carbons (Fsp3) is 0.400. The molecule has 12 heteroatoms. The molecule has 12 nitrogen and oxygen atoms in total. The number of nitrogens with zero attached hydrogens (tertiary/aromatic N) is 2. The number of carbonyl (C=O) groups excluding carboxylic acids is 3. The molecule has 4 aromatic rings. The van der Waals surface area contributed by atoms with Crippen molar-refractivity contribution < 1.29 is 34.2 Å². The molecular weight excluding hydrogens is 723 g/mol. The van der Waals surface area contributed by atoms with Crippen molar-refractivity contribution >= 4 is 23.4 Å². The summed E-state index contributed by atoms with van der Waals surface area (Å²) in [4.78, 5) is 41.7. The van der Waals surface area contributed by atoms with Crippen LogP contribution in [-0.4, -0.2) is 70.9 Å². The Morgan fingerprint density at radius 1 is 0.807 bits per heavy atom. The maximum Gasteiger partial charge on any atom is 0.247 e. The summed E-state index contributed by atoms with van der Waals surface area (Å²) in [7, 11) is 0. The van der Waals surface area contributed by atoms with Crippen LogP contribution in [0, 0.1) is 0 Å². The standard InChI is InChI=1S/C45H53N5O7/c51-30-32-15-17-34(18-16-32)40-27-38(29-49-25-23-45(24-26-49)44(54)47-31-50(45)37-10-3-1-4-11-37)56-43(57-40)35-21-19-33(20-22-35)39-12-8-7-9-36(39)28-46-41(52)13-5-2-6-14-42(53)48-55/h1,3-4,7-12,15-22,38,40,43,51,55H,2,5-6,13-14,23-31H2,(H,46,52)(H,47,54)(H,48,53). The van der Waals surface area contributed by atoms with Crippen LogP contribution < -0.4 is 21.0 Å². The van der Waals surface area contributed by atoms with E-state index in [1.807, 2.05) is 72.8 Å². The number of aliphatic hydroxyl groups excluding tert-OH is 1. The van der Waals surface area contributed by atoms with E-state index >= 15 is 0 Å². The second kappa shape index (κ2) is 18.9. The van der Waals surface area contributed by atoms with Crippen LogP contribution in [0.1, 0.15) is 86.0 Å². The average Bonchev–Trinajstić information content (AvgIpc) is 3.57. The highest BCUT2D eigenvalue weighted by Gasteiger charge is 2.50. The summed E-state index contributed by atoms with van der Waals surface area (Å²) in [6.45, 7) is 3.15. The largest absolute Gasteiger partial charge is 0.392 e. The molecule has 3 amide bonds. The van der Waals surface area contributed by atoms with E-state index < -0.39 is 17.7 Å². The Morgan fingerprint density at radius 2 is 1.49 bits per heavy atom. The number of hydrogen-bond acceptors (Lipinski definition) is 9. The molecule has 5 N–H and O–H groups in total. The van der Waals surface area contributed by atoms with E-state index in [4.69, 9.17) is 14.7 Å². The van der Waals surface area contributed by atoms with Gasteiger partial charge in [-0.3, -0.25) is 19.6 Å². The van der Waals surface area contributed by atoms with Gasteiger partial charge in [-0.15, -0.1) is 0 Å². The molecule has 3 unspecified atom stereocenters. The summed E-state index contributed by atoms with van der Waals surface area (Å²) < 4.78 is 13.4. The first-order valence-corrected chi connectivity index (χ1v) is 20.1.